The highest BCUT2D eigenvalue weighted by Crippen LogP contribution is 2.12. The van der Waals surface area contributed by atoms with Crippen LogP contribution < -0.4 is 0 Å². The summed E-state index contributed by atoms with van der Waals surface area (Å²) in [5.41, 5.74) is 0.721. The Kier molecular flexibility index (Phi) is 2.83. The van der Waals surface area contributed by atoms with Crippen LogP contribution in [0.4, 0.5) is 0 Å². The molecule has 2 rings (SSSR count). The summed E-state index contributed by atoms with van der Waals surface area (Å²) < 4.78 is 6.88. The first kappa shape index (κ1) is 10.3. The van der Waals surface area contributed by atoms with Crippen LogP contribution in [0, 0.1) is 6.92 Å². The second kappa shape index (κ2) is 4.12. The van der Waals surface area contributed by atoms with E-state index in [-0.39, 0.29) is 0 Å². The van der Waals surface area contributed by atoms with Crippen LogP contribution >= 0.6 is 11.6 Å². The van der Waals surface area contributed by atoms with Crippen LogP contribution in [0.3, 0.4) is 0 Å². The Hall–Kier alpha value is -1.20. The van der Waals surface area contributed by atoms with E-state index in [9.17, 15) is 0 Å². The maximum atomic E-state index is 5.82. The highest BCUT2D eigenvalue weighted by atomic mass is 35.5. The van der Waals surface area contributed by atoms with Crippen LogP contribution in [0.5, 0.6) is 0 Å². The summed E-state index contributed by atoms with van der Waals surface area (Å²) in [4.78, 5) is 4.15. The van der Waals surface area contributed by atoms with Crippen LogP contribution in [0.25, 0.3) is 5.65 Å². The summed E-state index contributed by atoms with van der Waals surface area (Å²) in [5, 5.41) is 8.53. The normalized spacial score (nSPS) is 11.1. The predicted octanol–water partition coefficient (Wildman–Crippen LogP) is 1.28. The molecule has 0 spiro atoms. The van der Waals surface area contributed by atoms with Crippen LogP contribution in [0.2, 0.25) is 5.15 Å². The van der Waals surface area contributed by atoms with Crippen molar-refractivity contribution in [3.63, 3.8) is 0 Å². The Morgan fingerprint density at radius 2 is 2.27 bits per heavy atom. The number of fused-ring (bicyclic) bond motifs is 1. The van der Waals surface area contributed by atoms with Crippen LogP contribution in [0.15, 0.2) is 6.07 Å². The van der Waals surface area contributed by atoms with E-state index in [2.05, 4.69) is 15.2 Å². The lowest BCUT2D eigenvalue weighted by molar-refractivity contribution is 0.200. The second-order valence-corrected chi connectivity index (χ2v) is 3.57. The quantitative estimate of drug-likeness (QED) is 0.740. The van der Waals surface area contributed by atoms with E-state index in [0.717, 1.165) is 17.3 Å². The fourth-order valence-electron chi connectivity index (χ4n) is 1.48. The van der Waals surface area contributed by atoms with Gasteiger partial charge < -0.3 is 4.74 Å². The molecule has 0 aliphatic heterocycles. The topological polar surface area (TPSA) is 52.3 Å². The first-order valence-corrected chi connectivity index (χ1v) is 4.96. The maximum Gasteiger partial charge on any atom is 0.165 e. The summed E-state index contributed by atoms with van der Waals surface area (Å²) in [6.45, 7) is 2.49. The number of rotatable bonds is 3. The van der Waals surface area contributed by atoms with E-state index in [0.29, 0.717) is 18.2 Å². The maximum absolute atomic E-state index is 5.82. The highest BCUT2D eigenvalue weighted by Gasteiger charge is 2.09. The molecule has 5 nitrogen and oxygen atoms in total. The van der Waals surface area contributed by atoms with Crippen molar-refractivity contribution in [1.29, 1.82) is 0 Å². The smallest absolute Gasteiger partial charge is 0.165 e. The van der Waals surface area contributed by atoms with Crippen molar-refractivity contribution in [3.05, 3.63) is 22.9 Å². The summed E-state index contributed by atoms with van der Waals surface area (Å²) >= 11 is 5.82. The molecule has 0 aliphatic carbocycles. The third kappa shape index (κ3) is 1.93. The SMILES string of the molecule is COCCc1nnc2cc(Cl)nc(C)n12. The summed E-state index contributed by atoms with van der Waals surface area (Å²) in [7, 11) is 1.66. The molecular weight excluding hydrogens is 216 g/mol. The summed E-state index contributed by atoms with van der Waals surface area (Å²) in [6.07, 6.45) is 0.710. The van der Waals surface area contributed by atoms with E-state index in [1.165, 1.54) is 0 Å². The van der Waals surface area contributed by atoms with E-state index < -0.39 is 0 Å². The van der Waals surface area contributed by atoms with Gasteiger partial charge in [0, 0.05) is 19.6 Å². The van der Waals surface area contributed by atoms with Crippen molar-refractivity contribution in [2.45, 2.75) is 13.3 Å². The standard InChI is InChI=1S/C9H11ClN4O/c1-6-11-7(10)5-9-13-12-8(14(6)9)3-4-15-2/h5H,3-4H2,1-2H3. The molecular formula is C9H11ClN4O. The van der Waals surface area contributed by atoms with Crippen molar-refractivity contribution in [2.75, 3.05) is 13.7 Å². The number of aryl methyl sites for hydroxylation is 1. The zero-order valence-electron chi connectivity index (χ0n) is 8.57. The molecule has 0 amide bonds. The molecule has 0 aliphatic rings. The van der Waals surface area contributed by atoms with Crippen LogP contribution in [-0.4, -0.2) is 33.3 Å². The van der Waals surface area contributed by atoms with Gasteiger partial charge in [0.15, 0.2) is 5.65 Å². The van der Waals surface area contributed by atoms with Crippen molar-refractivity contribution in [1.82, 2.24) is 19.6 Å². The minimum atomic E-state index is 0.436. The first-order valence-electron chi connectivity index (χ1n) is 4.58. The van der Waals surface area contributed by atoms with Gasteiger partial charge in [0.25, 0.3) is 0 Å². The Balaban J connectivity index is 2.49. The molecule has 0 saturated heterocycles. The van der Waals surface area contributed by atoms with Crippen molar-refractivity contribution < 1.29 is 4.74 Å². The molecule has 6 heteroatoms. The molecule has 0 saturated carbocycles. The zero-order valence-corrected chi connectivity index (χ0v) is 9.32. The lowest BCUT2D eigenvalue weighted by Gasteiger charge is -2.02. The number of hydrogen-bond acceptors (Lipinski definition) is 4. The fraction of sp³-hybridized carbons (Fsp3) is 0.444. The summed E-state index contributed by atoms with van der Waals surface area (Å²) in [6, 6.07) is 1.69. The molecule has 15 heavy (non-hydrogen) atoms. The van der Waals surface area contributed by atoms with E-state index in [4.69, 9.17) is 16.3 Å². The van der Waals surface area contributed by atoms with Gasteiger partial charge in [0.2, 0.25) is 0 Å². The average Bonchev–Trinajstić information content (AvgIpc) is 2.58. The van der Waals surface area contributed by atoms with Crippen molar-refractivity contribution >= 4 is 17.2 Å². The molecule has 2 aromatic heterocycles. The molecule has 0 atom stereocenters. The van der Waals surface area contributed by atoms with Gasteiger partial charge in [-0.25, -0.2) is 4.98 Å². The number of halogens is 1. The average molecular weight is 227 g/mol. The number of aromatic nitrogens is 4. The van der Waals surface area contributed by atoms with E-state index in [1.807, 2.05) is 11.3 Å². The van der Waals surface area contributed by atoms with Crippen LogP contribution in [0.1, 0.15) is 11.6 Å². The molecule has 0 radical (unpaired) electrons. The monoisotopic (exact) mass is 226 g/mol. The van der Waals surface area contributed by atoms with Gasteiger partial charge in [-0.3, -0.25) is 4.40 Å². The number of ether oxygens (including phenoxy) is 1. The van der Waals surface area contributed by atoms with Crippen molar-refractivity contribution in [3.8, 4) is 0 Å². The Bertz CT molecular complexity index is 482. The van der Waals surface area contributed by atoms with Gasteiger partial charge in [0.05, 0.1) is 6.61 Å². The molecule has 80 valence electrons. The minimum Gasteiger partial charge on any atom is -0.384 e. The lowest BCUT2D eigenvalue weighted by atomic mass is 10.4. The van der Waals surface area contributed by atoms with Gasteiger partial charge in [0.1, 0.15) is 16.8 Å². The van der Waals surface area contributed by atoms with Gasteiger partial charge >= 0.3 is 0 Å². The Labute approximate surface area is 92.1 Å². The zero-order chi connectivity index (χ0) is 10.8. The second-order valence-electron chi connectivity index (χ2n) is 3.18. The van der Waals surface area contributed by atoms with E-state index in [1.54, 1.807) is 13.2 Å². The highest BCUT2D eigenvalue weighted by molar-refractivity contribution is 6.29. The lowest BCUT2D eigenvalue weighted by Crippen LogP contribution is -2.04. The largest absolute Gasteiger partial charge is 0.384 e. The number of hydrogen-bond donors (Lipinski definition) is 0. The molecule has 0 aromatic carbocycles. The number of methoxy groups -OCH3 is 1. The summed E-state index contributed by atoms with van der Waals surface area (Å²) in [5.74, 6) is 1.63. The third-order valence-electron chi connectivity index (χ3n) is 2.13. The van der Waals surface area contributed by atoms with Crippen LogP contribution in [-0.2, 0) is 11.2 Å². The van der Waals surface area contributed by atoms with Gasteiger partial charge in [-0.15, -0.1) is 10.2 Å². The molecule has 2 heterocycles. The molecule has 0 unspecified atom stereocenters. The Morgan fingerprint density at radius 1 is 1.47 bits per heavy atom. The molecule has 2 aromatic rings. The fourth-order valence-corrected chi connectivity index (χ4v) is 1.70. The third-order valence-corrected chi connectivity index (χ3v) is 2.32. The molecule has 0 N–H and O–H groups in total. The van der Waals surface area contributed by atoms with Gasteiger partial charge in [-0.1, -0.05) is 11.6 Å². The molecule has 0 bridgehead atoms. The predicted molar refractivity (Wildman–Crippen MR) is 56.1 cm³/mol. The Morgan fingerprint density at radius 3 is 3.00 bits per heavy atom. The van der Waals surface area contributed by atoms with Crippen molar-refractivity contribution in [2.24, 2.45) is 0 Å². The van der Waals surface area contributed by atoms with Gasteiger partial charge in [-0.05, 0) is 6.92 Å². The molecule has 0 fully saturated rings. The number of nitrogens with zero attached hydrogens (tertiary/aromatic N) is 4. The first-order chi connectivity index (χ1) is 7.22. The van der Waals surface area contributed by atoms with Gasteiger partial charge in [-0.2, -0.15) is 0 Å². The minimum absolute atomic E-state index is 0.436. The van der Waals surface area contributed by atoms with E-state index >= 15 is 0 Å².